The quantitative estimate of drug-likeness (QED) is 0.731. The highest BCUT2D eigenvalue weighted by atomic mass is 16.1. The van der Waals surface area contributed by atoms with Crippen LogP contribution >= 0.6 is 0 Å². The minimum atomic E-state index is 0.0253. The number of fused-ring (bicyclic) bond motifs is 1. The molecule has 3 aromatic rings. The average Bonchev–Trinajstić information content (AvgIpc) is 3.19. The largest absolute Gasteiger partial charge is 0.358 e. The fourth-order valence-corrected chi connectivity index (χ4v) is 3.06. The topological polar surface area (TPSA) is 75.6 Å². The standard InChI is InChI=1S/C18H23N5O/c1-4-16-13(3)15-8-12(2)7-14(18(15)22-16)9-19-17(24)5-6-23-10-20-21-11-23/h7-8,10-11,22H,4-6,9H2,1-3H3,(H,19,24). The SMILES string of the molecule is CCc1[nH]c2c(CNC(=O)CCn3cnnc3)cc(C)cc2c1C. The van der Waals surface area contributed by atoms with Gasteiger partial charge in [0.1, 0.15) is 12.7 Å². The first-order chi connectivity index (χ1) is 11.6. The maximum atomic E-state index is 12.1. The Hall–Kier alpha value is -2.63. The van der Waals surface area contributed by atoms with Gasteiger partial charge in [0, 0.05) is 30.6 Å². The number of aromatic amines is 1. The molecule has 1 amide bonds. The van der Waals surface area contributed by atoms with Gasteiger partial charge in [-0.1, -0.05) is 18.6 Å². The molecule has 0 aliphatic rings. The van der Waals surface area contributed by atoms with Gasteiger partial charge in [-0.15, -0.1) is 10.2 Å². The molecule has 2 aromatic heterocycles. The van der Waals surface area contributed by atoms with Crippen molar-refractivity contribution >= 4 is 16.8 Å². The maximum absolute atomic E-state index is 12.1. The van der Waals surface area contributed by atoms with Gasteiger partial charge in [-0.05, 0) is 37.5 Å². The molecule has 3 rings (SSSR count). The van der Waals surface area contributed by atoms with Gasteiger partial charge in [-0.3, -0.25) is 4.79 Å². The molecule has 2 N–H and O–H groups in total. The molecular formula is C18H23N5O. The Morgan fingerprint density at radius 1 is 1.25 bits per heavy atom. The van der Waals surface area contributed by atoms with Gasteiger partial charge in [-0.25, -0.2) is 0 Å². The van der Waals surface area contributed by atoms with Gasteiger partial charge < -0.3 is 14.9 Å². The lowest BCUT2D eigenvalue weighted by Crippen LogP contribution is -2.24. The van der Waals surface area contributed by atoms with Gasteiger partial charge in [0.2, 0.25) is 5.91 Å². The Kier molecular flexibility index (Phi) is 4.64. The first-order valence-corrected chi connectivity index (χ1v) is 8.28. The summed E-state index contributed by atoms with van der Waals surface area (Å²) in [7, 11) is 0. The third-order valence-corrected chi connectivity index (χ3v) is 4.39. The van der Waals surface area contributed by atoms with Gasteiger partial charge >= 0.3 is 0 Å². The molecule has 2 heterocycles. The predicted octanol–water partition coefficient (Wildman–Crippen LogP) is 2.65. The van der Waals surface area contributed by atoms with Crippen LogP contribution in [-0.4, -0.2) is 25.7 Å². The highest BCUT2D eigenvalue weighted by Gasteiger charge is 2.11. The zero-order chi connectivity index (χ0) is 17.1. The number of hydrogen-bond acceptors (Lipinski definition) is 3. The van der Waals surface area contributed by atoms with Crippen LogP contribution in [0.3, 0.4) is 0 Å². The van der Waals surface area contributed by atoms with Crippen LogP contribution in [0.15, 0.2) is 24.8 Å². The summed E-state index contributed by atoms with van der Waals surface area (Å²) in [6.45, 7) is 7.51. The molecule has 6 heteroatoms. The van der Waals surface area contributed by atoms with Crippen LogP contribution in [0.5, 0.6) is 0 Å². The van der Waals surface area contributed by atoms with E-state index in [9.17, 15) is 4.79 Å². The van der Waals surface area contributed by atoms with Crippen LogP contribution in [0.25, 0.3) is 10.9 Å². The van der Waals surface area contributed by atoms with E-state index in [1.165, 1.54) is 22.2 Å². The maximum Gasteiger partial charge on any atom is 0.222 e. The van der Waals surface area contributed by atoms with Crippen molar-refractivity contribution in [2.45, 2.75) is 46.7 Å². The van der Waals surface area contributed by atoms with E-state index in [0.717, 1.165) is 17.5 Å². The molecule has 0 saturated heterocycles. The van der Waals surface area contributed by atoms with E-state index in [0.29, 0.717) is 19.5 Å². The minimum Gasteiger partial charge on any atom is -0.358 e. The van der Waals surface area contributed by atoms with Crippen molar-refractivity contribution in [2.75, 3.05) is 0 Å². The Morgan fingerprint density at radius 2 is 2.00 bits per heavy atom. The molecule has 0 atom stereocenters. The van der Waals surface area contributed by atoms with Gasteiger partial charge in [-0.2, -0.15) is 0 Å². The Bertz CT molecular complexity index is 848. The van der Waals surface area contributed by atoms with Crippen LogP contribution < -0.4 is 5.32 Å². The summed E-state index contributed by atoms with van der Waals surface area (Å²) in [6.07, 6.45) is 4.62. The zero-order valence-electron chi connectivity index (χ0n) is 14.4. The number of hydrogen-bond donors (Lipinski definition) is 2. The molecule has 0 spiro atoms. The number of rotatable bonds is 6. The lowest BCUT2D eigenvalue weighted by atomic mass is 10.0. The fraction of sp³-hybridized carbons (Fsp3) is 0.389. The summed E-state index contributed by atoms with van der Waals surface area (Å²) in [4.78, 5) is 15.6. The monoisotopic (exact) mass is 325 g/mol. The molecule has 0 radical (unpaired) electrons. The van der Waals surface area contributed by atoms with Crippen LogP contribution in [-0.2, 0) is 24.3 Å². The van der Waals surface area contributed by atoms with Crippen molar-refractivity contribution in [1.82, 2.24) is 25.1 Å². The van der Waals surface area contributed by atoms with Gasteiger partial charge in [0.25, 0.3) is 0 Å². The molecule has 0 aliphatic carbocycles. The van der Waals surface area contributed by atoms with E-state index >= 15 is 0 Å². The third-order valence-electron chi connectivity index (χ3n) is 4.39. The molecule has 0 unspecified atom stereocenters. The van der Waals surface area contributed by atoms with E-state index < -0.39 is 0 Å². The van der Waals surface area contributed by atoms with E-state index in [1.807, 2.05) is 0 Å². The van der Waals surface area contributed by atoms with Crippen molar-refractivity contribution < 1.29 is 4.79 Å². The molecular weight excluding hydrogens is 302 g/mol. The lowest BCUT2D eigenvalue weighted by molar-refractivity contribution is -0.121. The summed E-state index contributed by atoms with van der Waals surface area (Å²) in [6, 6.07) is 4.34. The lowest BCUT2D eigenvalue weighted by Gasteiger charge is -2.08. The number of benzene rings is 1. The molecule has 0 bridgehead atoms. The predicted molar refractivity (Wildman–Crippen MR) is 93.6 cm³/mol. The van der Waals surface area contributed by atoms with Crippen LogP contribution in [0.1, 0.15) is 35.7 Å². The molecule has 1 aromatic carbocycles. The van der Waals surface area contributed by atoms with Crippen molar-refractivity contribution in [3.8, 4) is 0 Å². The number of aryl methyl sites for hydroxylation is 4. The van der Waals surface area contributed by atoms with E-state index in [2.05, 4.69) is 53.4 Å². The smallest absolute Gasteiger partial charge is 0.222 e. The Balaban J connectivity index is 1.71. The number of aromatic nitrogens is 4. The minimum absolute atomic E-state index is 0.0253. The van der Waals surface area contributed by atoms with Crippen molar-refractivity contribution in [3.63, 3.8) is 0 Å². The summed E-state index contributed by atoms with van der Waals surface area (Å²) in [5.41, 5.74) is 6.03. The van der Waals surface area contributed by atoms with Crippen LogP contribution in [0.2, 0.25) is 0 Å². The molecule has 0 fully saturated rings. The zero-order valence-corrected chi connectivity index (χ0v) is 14.4. The van der Waals surface area contributed by atoms with Crippen molar-refractivity contribution in [1.29, 1.82) is 0 Å². The summed E-state index contributed by atoms with van der Waals surface area (Å²) in [5.74, 6) is 0.0253. The van der Waals surface area contributed by atoms with E-state index in [1.54, 1.807) is 17.2 Å². The third kappa shape index (κ3) is 3.32. The molecule has 0 aliphatic heterocycles. The molecule has 126 valence electrons. The average molecular weight is 325 g/mol. The number of nitrogens with zero attached hydrogens (tertiary/aromatic N) is 3. The Morgan fingerprint density at radius 3 is 2.71 bits per heavy atom. The number of carbonyl (C=O) groups excluding carboxylic acids is 1. The van der Waals surface area contributed by atoms with Gasteiger partial charge in [0.15, 0.2) is 0 Å². The number of amides is 1. The Labute approximate surface area is 141 Å². The van der Waals surface area contributed by atoms with E-state index in [-0.39, 0.29) is 5.91 Å². The summed E-state index contributed by atoms with van der Waals surface area (Å²) in [5, 5.41) is 11.7. The second-order valence-corrected chi connectivity index (χ2v) is 6.16. The first-order valence-electron chi connectivity index (χ1n) is 8.28. The van der Waals surface area contributed by atoms with Crippen LogP contribution in [0.4, 0.5) is 0 Å². The number of H-pyrrole nitrogens is 1. The highest BCUT2D eigenvalue weighted by Crippen LogP contribution is 2.26. The fourth-order valence-electron chi connectivity index (χ4n) is 3.06. The number of carbonyl (C=O) groups is 1. The van der Waals surface area contributed by atoms with Crippen LogP contribution in [0, 0.1) is 13.8 Å². The van der Waals surface area contributed by atoms with Crippen molar-refractivity contribution in [2.24, 2.45) is 0 Å². The second kappa shape index (κ2) is 6.86. The highest BCUT2D eigenvalue weighted by molar-refractivity contribution is 5.88. The first kappa shape index (κ1) is 16.2. The second-order valence-electron chi connectivity index (χ2n) is 6.16. The summed E-state index contributed by atoms with van der Waals surface area (Å²) < 4.78 is 1.80. The van der Waals surface area contributed by atoms with Crippen molar-refractivity contribution in [3.05, 3.63) is 47.2 Å². The molecule has 24 heavy (non-hydrogen) atoms. The van der Waals surface area contributed by atoms with E-state index in [4.69, 9.17) is 0 Å². The molecule has 6 nitrogen and oxygen atoms in total. The molecule has 0 saturated carbocycles. The summed E-state index contributed by atoms with van der Waals surface area (Å²) >= 11 is 0. The normalized spacial score (nSPS) is 11.1. The van der Waals surface area contributed by atoms with Gasteiger partial charge in [0.05, 0.1) is 5.52 Å². The number of nitrogens with one attached hydrogen (secondary N) is 2.